The maximum atomic E-state index is 10.6. The topological polar surface area (TPSA) is 58.6 Å². The van der Waals surface area contributed by atoms with E-state index in [-0.39, 0.29) is 5.41 Å². The Morgan fingerprint density at radius 1 is 1.33 bits per heavy atom. The van der Waals surface area contributed by atoms with E-state index in [1.54, 1.807) is 7.11 Å². The molecule has 0 unspecified atom stereocenters. The summed E-state index contributed by atoms with van der Waals surface area (Å²) in [5.41, 5.74) is 3.05. The molecule has 0 aromatic heterocycles. The lowest BCUT2D eigenvalue weighted by Gasteiger charge is -2.28. The number of carbonyl (C=O) groups is 1. The van der Waals surface area contributed by atoms with Crippen LogP contribution in [0.5, 0.6) is 5.75 Å². The molecule has 0 atom stereocenters. The lowest BCUT2D eigenvalue weighted by atomic mass is 9.81. The van der Waals surface area contributed by atoms with Crippen LogP contribution in [0.2, 0.25) is 0 Å². The Morgan fingerprint density at radius 3 is 2.44 bits per heavy atom. The Balaban J connectivity index is 3.08. The summed E-state index contributed by atoms with van der Waals surface area (Å²) in [6.07, 6.45) is -0.994. The van der Waals surface area contributed by atoms with Crippen LogP contribution in [0.25, 0.3) is 0 Å². The summed E-state index contributed by atoms with van der Waals surface area (Å²) in [7, 11) is 1.65. The Hall–Kier alpha value is -1.71. The smallest absolute Gasteiger partial charge is 0.404 e. The van der Waals surface area contributed by atoms with Crippen molar-refractivity contribution in [1.29, 1.82) is 0 Å². The van der Waals surface area contributed by atoms with Crippen LogP contribution in [0.15, 0.2) is 12.1 Å². The molecule has 0 fully saturated rings. The molecule has 1 amide bonds. The molecule has 1 aromatic rings. The number of amides is 1. The Bertz CT molecular complexity index is 453. The highest BCUT2D eigenvalue weighted by atomic mass is 16.5. The number of carboxylic acid groups (broad SMARTS) is 1. The first-order valence-corrected chi connectivity index (χ1v) is 5.90. The molecule has 1 aromatic carbocycles. The predicted molar refractivity (Wildman–Crippen MR) is 71.5 cm³/mol. The van der Waals surface area contributed by atoms with Crippen molar-refractivity contribution in [2.24, 2.45) is 0 Å². The zero-order valence-electron chi connectivity index (χ0n) is 11.6. The van der Waals surface area contributed by atoms with Crippen LogP contribution in [0.1, 0.15) is 30.5 Å². The number of hydrogen-bond acceptors (Lipinski definition) is 2. The van der Waals surface area contributed by atoms with Gasteiger partial charge in [0.25, 0.3) is 0 Å². The fourth-order valence-corrected chi connectivity index (χ4v) is 2.13. The van der Waals surface area contributed by atoms with Gasteiger partial charge in [0, 0.05) is 12.0 Å². The molecule has 0 bridgehead atoms. The molecule has 0 aliphatic carbocycles. The number of rotatable bonds is 4. The number of hydrogen-bond donors (Lipinski definition) is 2. The van der Waals surface area contributed by atoms with Crippen LogP contribution in [0, 0.1) is 13.8 Å². The van der Waals surface area contributed by atoms with Crippen LogP contribution in [0.4, 0.5) is 4.79 Å². The first-order valence-electron chi connectivity index (χ1n) is 5.90. The van der Waals surface area contributed by atoms with Crippen molar-refractivity contribution in [3.8, 4) is 5.75 Å². The minimum Gasteiger partial charge on any atom is -0.496 e. The molecule has 4 nitrogen and oxygen atoms in total. The van der Waals surface area contributed by atoms with Gasteiger partial charge < -0.3 is 15.2 Å². The number of aryl methyl sites for hydroxylation is 2. The number of ether oxygens (including phenoxy) is 1. The Kier molecular flexibility index (Phi) is 4.22. The molecule has 0 radical (unpaired) electrons. The normalized spacial score (nSPS) is 11.2. The molecule has 0 saturated heterocycles. The first kappa shape index (κ1) is 14.4. The summed E-state index contributed by atoms with van der Waals surface area (Å²) in [6.45, 7) is 8.44. The summed E-state index contributed by atoms with van der Waals surface area (Å²) in [6, 6.07) is 4.06. The average molecular weight is 251 g/mol. The molecule has 0 aliphatic heterocycles. The predicted octanol–water partition coefficient (Wildman–Crippen LogP) is 2.86. The molecule has 0 aliphatic rings. The summed E-state index contributed by atoms with van der Waals surface area (Å²) in [5, 5.41) is 11.1. The maximum absolute atomic E-state index is 10.6. The fourth-order valence-electron chi connectivity index (χ4n) is 2.13. The summed E-state index contributed by atoms with van der Waals surface area (Å²) < 4.78 is 5.28. The van der Waals surface area contributed by atoms with Gasteiger partial charge in [0.1, 0.15) is 5.75 Å². The van der Waals surface area contributed by atoms with Gasteiger partial charge in [-0.05, 0) is 36.6 Å². The van der Waals surface area contributed by atoms with E-state index in [9.17, 15) is 4.79 Å². The molecule has 18 heavy (non-hydrogen) atoms. The third-order valence-electron chi connectivity index (χ3n) is 3.15. The van der Waals surface area contributed by atoms with Crippen LogP contribution >= 0.6 is 0 Å². The second-order valence-corrected chi connectivity index (χ2v) is 5.18. The lowest BCUT2D eigenvalue weighted by molar-refractivity contribution is 0.192. The van der Waals surface area contributed by atoms with E-state index < -0.39 is 6.09 Å². The van der Waals surface area contributed by atoms with Crippen LogP contribution in [-0.4, -0.2) is 24.9 Å². The van der Waals surface area contributed by atoms with Crippen LogP contribution in [-0.2, 0) is 5.41 Å². The third kappa shape index (κ3) is 3.15. The Labute approximate surface area is 108 Å². The molecule has 4 heteroatoms. The third-order valence-corrected chi connectivity index (χ3v) is 3.15. The van der Waals surface area contributed by atoms with Crippen molar-refractivity contribution in [3.63, 3.8) is 0 Å². The fraction of sp³-hybridized carbons (Fsp3) is 0.500. The highest BCUT2D eigenvalue weighted by Crippen LogP contribution is 2.31. The zero-order chi connectivity index (χ0) is 13.9. The van der Waals surface area contributed by atoms with Crippen molar-refractivity contribution < 1.29 is 14.6 Å². The lowest BCUT2D eigenvalue weighted by Crippen LogP contribution is -2.36. The number of nitrogens with one attached hydrogen (secondary N) is 1. The van der Waals surface area contributed by atoms with E-state index in [1.165, 1.54) is 0 Å². The van der Waals surface area contributed by atoms with Gasteiger partial charge in [-0.1, -0.05) is 19.9 Å². The molecular weight excluding hydrogens is 230 g/mol. The minimum absolute atomic E-state index is 0.250. The first-order chi connectivity index (χ1) is 8.27. The van der Waals surface area contributed by atoms with Crippen molar-refractivity contribution in [2.75, 3.05) is 13.7 Å². The quantitative estimate of drug-likeness (QED) is 0.865. The number of benzene rings is 1. The second kappa shape index (κ2) is 5.29. The van der Waals surface area contributed by atoms with Gasteiger partial charge in [-0.25, -0.2) is 4.79 Å². The molecule has 0 saturated carbocycles. The molecule has 0 heterocycles. The van der Waals surface area contributed by atoms with Gasteiger partial charge in [-0.3, -0.25) is 0 Å². The largest absolute Gasteiger partial charge is 0.496 e. The van der Waals surface area contributed by atoms with E-state index >= 15 is 0 Å². The SMILES string of the molecule is COc1cc(C)c(C(C)(C)CNC(=O)O)cc1C. The number of methoxy groups -OCH3 is 1. The van der Waals surface area contributed by atoms with E-state index in [1.807, 2.05) is 33.8 Å². The molecule has 100 valence electrons. The van der Waals surface area contributed by atoms with E-state index in [4.69, 9.17) is 9.84 Å². The molecule has 2 N–H and O–H groups in total. The standard InChI is InChI=1S/C14H21NO3/c1-9-7-12(18-5)10(2)6-11(9)14(3,4)8-15-13(16)17/h6-7,15H,8H2,1-5H3,(H,16,17). The van der Waals surface area contributed by atoms with Gasteiger partial charge in [0.15, 0.2) is 0 Å². The van der Waals surface area contributed by atoms with Crippen molar-refractivity contribution in [1.82, 2.24) is 5.32 Å². The van der Waals surface area contributed by atoms with Gasteiger partial charge >= 0.3 is 6.09 Å². The minimum atomic E-state index is -0.994. The van der Waals surface area contributed by atoms with Crippen molar-refractivity contribution in [2.45, 2.75) is 33.1 Å². The molecular formula is C14H21NO3. The summed E-state index contributed by atoms with van der Waals surface area (Å²) in [4.78, 5) is 10.6. The van der Waals surface area contributed by atoms with Crippen LogP contribution < -0.4 is 10.1 Å². The highest BCUT2D eigenvalue weighted by molar-refractivity contribution is 5.64. The van der Waals surface area contributed by atoms with E-state index in [2.05, 4.69) is 11.4 Å². The highest BCUT2D eigenvalue weighted by Gasteiger charge is 2.24. The van der Waals surface area contributed by atoms with Gasteiger partial charge in [0.2, 0.25) is 0 Å². The summed E-state index contributed by atoms with van der Waals surface area (Å²) >= 11 is 0. The van der Waals surface area contributed by atoms with Gasteiger partial charge in [-0.2, -0.15) is 0 Å². The monoisotopic (exact) mass is 251 g/mol. The molecule has 1 rings (SSSR count). The van der Waals surface area contributed by atoms with E-state index in [0.717, 1.165) is 22.4 Å². The average Bonchev–Trinajstić information content (AvgIpc) is 2.29. The molecule has 0 spiro atoms. The van der Waals surface area contributed by atoms with Gasteiger partial charge in [0.05, 0.1) is 7.11 Å². The van der Waals surface area contributed by atoms with Crippen molar-refractivity contribution in [3.05, 3.63) is 28.8 Å². The Morgan fingerprint density at radius 2 is 1.94 bits per heavy atom. The van der Waals surface area contributed by atoms with Crippen LogP contribution in [0.3, 0.4) is 0 Å². The van der Waals surface area contributed by atoms with Gasteiger partial charge in [-0.15, -0.1) is 0 Å². The summed E-state index contributed by atoms with van der Waals surface area (Å²) in [5.74, 6) is 0.859. The zero-order valence-corrected chi connectivity index (χ0v) is 11.6. The van der Waals surface area contributed by atoms with Crippen molar-refractivity contribution >= 4 is 6.09 Å². The second-order valence-electron chi connectivity index (χ2n) is 5.18. The maximum Gasteiger partial charge on any atom is 0.404 e. The van der Waals surface area contributed by atoms with E-state index in [0.29, 0.717) is 6.54 Å².